The Hall–Kier alpha value is -10.9. The van der Waals surface area contributed by atoms with Gasteiger partial charge in [0.25, 0.3) is 0 Å². The van der Waals surface area contributed by atoms with Crippen LogP contribution >= 0.6 is 11.6 Å². The number of likely N-dealkylation sites (tertiary alicyclic amines) is 1. The lowest BCUT2D eigenvalue weighted by Gasteiger charge is -2.31. The SMILES string of the molecule is CC(=O)N[C@@H](Cc1ccc2ccccc2c1)C(=O)N[C@H](Cc1ccc(Cl)cc1)C(=O)N[C@H](Cc1cccnc1)C(=O)N[C@@H](CO)C(=O)N[C@@H](Cc1ccc(O)cc1)C(=O)N[C@H](CCCNC(N)=O)C(=O)N[C@@H](CC(C)C)C(=O)N[C@@H](CCCN=C(N)N)C(=O)N1CCC[C@H]1C(=O)N[C@H](C)C(N)=O. The lowest BCUT2D eigenvalue weighted by atomic mass is 9.99. The molecular weight excluding hydrogens is 1340 g/mol. The molecule has 0 radical (unpaired) electrons. The van der Waals surface area contributed by atoms with E-state index in [2.05, 4.69) is 63.1 Å². The number of nitrogens with zero attached hydrogens (tertiary/aromatic N) is 3. The molecule has 6 rings (SSSR count). The van der Waals surface area contributed by atoms with E-state index in [0.717, 1.165) is 10.8 Å². The molecule has 20 N–H and O–H groups in total. The van der Waals surface area contributed by atoms with Crippen LogP contribution in [0.1, 0.15) is 94.9 Å². The molecule has 0 saturated carbocycles. The number of primary amides is 2. The van der Waals surface area contributed by atoms with E-state index < -0.39 is 138 Å². The van der Waals surface area contributed by atoms with Crippen molar-refractivity contribution >= 4 is 99.3 Å². The fourth-order valence-electron chi connectivity index (χ4n) is 11.4. The number of nitrogens with one attached hydrogen (secondary N) is 10. The molecule has 102 heavy (non-hydrogen) atoms. The number of aliphatic imine (C=N–C) groups is 1. The Morgan fingerprint density at radius 1 is 0.569 bits per heavy atom. The summed E-state index contributed by atoms with van der Waals surface area (Å²) in [6.07, 6.45) is 2.70. The highest BCUT2D eigenvalue weighted by molar-refractivity contribution is 6.30. The minimum Gasteiger partial charge on any atom is -0.508 e. The topological polar surface area (TPSA) is 498 Å². The van der Waals surface area contributed by atoms with Crippen molar-refractivity contribution in [3.63, 3.8) is 0 Å². The van der Waals surface area contributed by atoms with E-state index in [9.17, 15) is 67.7 Å². The predicted molar refractivity (Wildman–Crippen MR) is 378 cm³/mol. The average Bonchev–Trinajstić information content (AvgIpc) is 1.13. The van der Waals surface area contributed by atoms with Gasteiger partial charge in [0.2, 0.25) is 65.0 Å². The molecule has 548 valence electrons. The van der Waals surface area contributed by atoms with Crippen molar-refractivity contribution in [1.29, 1.82) is 0 Å². The average molecular weight is 1430 g/mol. The van der Waals surface area contributed by atoms with E-state index >= 15 is 0 Å². The number of amides is 13. The molecule has 1 aliphatic rings. The first-order valence-electron chi connectivity index (χ1n) is 33.5. The molecular formula is C70H92ClN17O14. The Labute approximate surface area is 595 Å². The zero-order valence-electron chi connectivity index (χ0n) is 57.2. The molecule has 2 heterocycles. The Morgan fingerprint density at radius 3 is 1.63 bits per heavy atom. The molecule has 13 amide bonds. The van der Waals surface area contributed by atoms with Crippen molar-refractivity contribution in [2.24, 2.45) is 33.8 Å². The van der Waals surface area contributed by atoms with Gasteiger partial charge in [-0.15, -0.1) is 0 Å². The number of guanidine groups is 1. The van der Waals surface area contributed by atoms with Gasteiger partial charge in [-0.1, -0.05) is 98.2 Å². The van der Waals surface area contributed by atoms with Crippen LogP contribution in [0.5, 0.6) is 5.75 Å². The Morgan fingerprint density at radius 2 is 1.07 bits per heavy atom. The maximum Gasteiger partial charge on any atom is 0.312 e. The number of hydrogen-bond acceptors (Lipinski definition) is 16. The summed E-state index contributed by atoms with van der Waals surface area (Å²) in [7, 11) is 0. The third kappa shape index (κ3) is 26.0. The summed E-state index contributed by atoms with van der Waals surface area (Å²) in [5.74, 6) is -9.82. The highest BCUT2D eigenvalue weighted by atomic mass is 35.5. The highest BCUT2D eigenvalue weighted by Gasteiger charge is 2.40. The van der Waals surface area contributed by atoms with Crippen molar-refractivity contribution < 1.29 is 67.7 Å². The second kappa shape index (κ2) is 39.7. The maximum atomic E-state index is 14.9. The number of aromatic nitrogens is 1. The molecule has 1 aliphatic heterocycles. The number of phenolic OH excluding ortho intramolecular Hbond substituents is 1. The lowest BCUT2D eigenvalue weighted by molar-refractivity contribution is -0.142. The smallest absolute Gasteiger partial charge is 0.312 e. The molecule has 0 spiro atoms. The van der Waals surface area contributed by atoms with Crippen LogP contribution in [-0.4, -0.2) is 184 Å². The summed E-state index contributed by atoms with van der Waals surface area (Å²) in [5, 5.41) is 49.5. The molecule has 0 aliphatic carbocycles. The molecule has 1 aromatic heterocycles. The zero-order valence-corrected chi connectivity index (χ0v) is 58.0. The number of halogens is 1. The number of benzene rings is 4. The molecule has 0 unspecified atom stereocenters. The van der Waals surface area contributed by atoms with Crippen LogP contribution in [0.15, 0.2) is 121 Å². The normalized spacial score (nSPS) is 15.2. The second-order valence-corrected chi connectivity index (χ2v) is 25.8. The van der Waals surface area contributed by atoms with Crippen LogP contribution in [0, 0.1) is 5.92 Å². The molecule has 4 aromatic carbocycles. The Balaban J connectivity index is 1.26. The number of aromatic hydroxyl groups is 1. The minimum atomic E-state index is -1.85. The van der Waals surface area contributed by atoms with Crippen LogP contribution in [0.25, 0.3) is 10.8 Å². The van der Waals surface area contributed by atoms with Gasteiger partial charge < -0.3 is 91.2 Å². The number of hydrogen-bond donors (Lipinski definition) is 16. The molecule has 1 fully saturated rings. The van der Waals surface area contributed by atoms with Gasteiger partial charge in [0, 0.05) is 69.7 Å². The van der Waals surface area contributed by atoms with E-state index in [0.29, 0.717) is 33.7 Å². The Bertz CT molecular complexity index is 3770. The van der Waals surface area contributed by atoms with Crippen LogP contribution in [0.4, 0.5) is 4.79 Å². The van der Waals surface area contributed by atoms with Gasteiger partial charge in [-0.2, -0.15) is 0 Å². The predicted octanol–water partition coefficient (Wildman–Crippen LogP) is -0.716. The summed E-state index contributed by atoms with van der Waals surface area (Å²) in [4.78, 5) is 176. The molecule has 32 heteroatoms. The number of pyridine rings is 1. The first-order valence-corrected chi connectivity index (χ1v) is 33.8. The summed E-state index contributed by atoms with van der Waals surface area (Å²) in [6, 6.07) is 13.5. The van der Waals surface area contributed by atoms with Crippen LogP contribution in [0.3, 0.4) is 0 Å². The number of urea groups is 1. The summed E-state index contributed by atoms with van der Waals surface area (Å²) in [6.45, 7) is 5.15. The van der Waals surface area contributed by atoms with E-state index in [1.54, 1.807) is 50.2 Å². The van der Waals surface area contributed by atoms with Gasteiger partial charge >= 0.3 is 6.03 Å². The third-order valence-electron chi connectivity index (χ3n) is 16.7. The van der Waals surface area contributed by atoms with Crippen molar-refractivity contribution in [2.75, 3.05) is 26.2 Å². The molecule has 1 saturated heterocycles. The highest BCUT2D eigenvalue weighted by Crippen LogP contribution is 2.22. The first-order chi connectivity index (χ1) is 48.6. The number of fused-ring (bicyclic) bond motifs is 1. The van der Waals surface area contributed by atoms with Crippen LogP contribution < -0.4 is 76.1 Å². The molecule has 31 nitrogen and oxygen atoms in total. The fraction of sp³-hybridized carbons (Fsp3) is 0.429. The van der Waals surface area contributed by atoms with Crippen molar-refractivity contribution in [3.05, 3.63) is 143 Å². The van der Waals surface area contributed by atoms with Gasteiger partial charge in [-0.25, -0.2) is 4.79 Å². The second-order valence-electron chi connectivity index (χ2n) is 25.4. The standard InChI is InChI=1S/C70H92ClN17O14/c1-39(2)31-52(61(94)82-51(15-9-28-77-69(73)74)68(101)88-30-10-16-58(88)67(100)79-40(3)59(72)92)83-60(93)50(14-8-29-78-70(75)102)81-63(96)54(34-43-20-25-49(91)26-21-43)86-66(99)57(38-89)87-65(98)56(36-45-11-7-27-76-37-45)85-64(97)55(33-42-18-23-48(71)24-19-42)84-62(95)53(80-41(4)90)35-44-17-22-46-12-5-6-13-47(46)32-44/h5-7,11-13,17-27,32,37,39-40,50-58,89,91H,8-10,14-16,28-31,33-36,38H2,1-4H3,(H2,72,92)(H,79,100)(H,80,90)(H,81,96)(H,82,94)(H,83,93)(H,84,95)(H,85,97)(H,86,99)(H,87,98)(H4,73,74,77)(H3,75,78,102)/t40-,50-,51+,52+,53+,54+,55-,56-,57+,58+/m1/s1. The molecule has 10 atom stereocenters. The van der Waals surface area contributed by atoms with Gasteiger partial charge in [-0.3, -0.25) is 62.7 Å². The summed E-state index contributed by atoms with van der Waals surface area (Å²) < 4.78 is 0. The van der Waals surface area contributed by atoms with E-state index in [-0.39, 0.29) is 101 Å². The fourth-order valence-corrected chi connectivity index (χ4v) is 11.5. The molecule has 5 aromatic rings. The molecule has 0 bridgehead atoms. The zero-order chi connectivity index (χ0) is 74.6. The number of phenols is 1. The summed E-state index contributed by atoms with van der Waals surface area (Å²) in [5.41, 5.74) is 23.9. The van der Waals surface area contributed by atoms with Crippen LogP contribution in [0.2, 0.25) is 5.02 Å². The minimum absolute atomic E-state index is 0.000209. The largest absolute Gasteiger partial charge is 0.508 e. The van der Waals surface area contributed by atoms with Gasteiger partial charge in [0.05, 0.1) is 6.61 Å². The number of aliphatic hydroxyl groups is 1. The number of rotatable bonds is 38. The third-order valence-corrected chi connectivity index (χ3v) is 16.9. The van der Waals surface area contributed by atoms with E-state index in [4.69, 9.17) is 34.5 Å². The van der Waals surface area contributed by atoms with Gasteiger partial charge in [-0.05, 0) is 121 Å². The first kappa shape index (κ1) is 80.0. The maximum absolute atomic E-state index is 14.9. The number of nitrogens with two attached hydrogens (primary N) is 4. The van der Waals surface area contributed by atoms with E-state index in [1.165, 1.54) is 55.4 Å². The van der Waals surface area contributed by atoms with Crippen LogP contribution in [-0.2, 0) is 78.4 Å². The Kier molecular flexibility index (Phi) is 31.2. The van der Waals surface area contributed by atoms with Gasteiger partial charge in [0.15, 0.2) is 5.96 Å². The lowest BCUT2D eigenvalue weighted by Crippen LogP contribution is -2.61. The van der Waals surface area contributed by atoms with Crippen molar-refractivity contribution in [3.8, 4) is 5.75 Å². The number of aliphatic hydroxyl groups excluding tert-OH is 1. The van der Waals surface area contributed by atoms with Crippen molar-refractivity contribution in [2.45, 2.75) is 159 Å². The number of carbonyl (C=O) groups excluding carboxylic acids is 12. The quantitative estimate of drug-likeness (QED) is 0.0132. The number of carbonyl (C=O) groups is 12. The van der Waals surface area contributed by atoms with Gasteiger partial charge in [0.1, 0.15) is 66.2 Å². The van der Waals surface area contributed by atoms with E-state index in [1.807, 2.05) is 42.5 Å². The summed E-state index contributed by atoms with van der Waals surface area (Å²) >= 11 is 6.23. The monoisotopic (exact) mass is 1430 g/mol. The van der Waals surface area contributed by atoms with Crippen molar-refractivity contribution in [1.82, 2.24) is 63.1 Å².